The topological polar surface area (TPSA) is 3.24 Å². The van der Waals surface area contributed by atoms with Crippen LogP contribution in [0.1, 0.15) is 45.4 Å². The van der Waals surface area contributed by atoms with Gasteiger partial charge < -0.3 is 10.8 Å². The Balaban J connectivity index is 0.000000980. The first-order chi connectivity index (χ1) is 6.20. The van der Waals surface area contributed by atoms with Gasteiger partial charge in [0.15, 0.2) is 0 Å². The number of hydrogen-bond acceptors (Lipinski definition) is 1. The summed E-state index contributed by atoms with van der Waals surface area (Å²) in [6.45, 7) is 5.01. The van der Waals surface area contributed by atoms with Gasteiger partial charge in [-0.15, -0.1) is 0 Å². The average Bonchev–Trinajstić information content (AvgIpc) is 2.11. The second kappa shape index (κ2) is 4.00. The molecule has 91 valence electrons. The molecule has 1 aliphatic heterocycles. The van der Waals surface area contributed by atoms with Crippen molar-refractivity contribution in [2.45, 2.75) is 45.4 Å². The van der Waals surface area contributed by atoms with Gasteiger partial charge in [-0.2, -0.15) is 19.8 Å². The third-order valence-electron chi connectivity index (χ3n) is 4.04. The van der Waals surface area contributed by atoms with Crippen LogP contribution in [0.5, 0.6) is 0 Å². The monoisotopic (exact) mass is 442 g/mol. The molecule has 0 aromatic carbocycles. The Labute approximate surface area is 82.5 Å². The Morgan fingerprint density at radius 3 is 2.36 bits per heavy atom. The zero-order valence-electron chi connectivity index (χ0n) is 9.36. The van der Waals surface area contributed by atoms with Gasteiger partial charge in [-0.25, -0.2) is 0 Å². The van der Waals surface area contributed by atoms with Gasteiger partial charge in [0.05, 0.1) is 0 Å². The van der Waals surface area contributed by atoms with Crippen LogP contribution in [0.4, 0.5) is 0 Å². The Morgan fingerprint density at radius 2 is 1.79 bits per heavy atom. The van der Waals surface area contributed by atoms with E-state index in [2.05, 4.69) is 18.9 Å². The van der Waals surface area contributed by atoms with Gasteiger partial charge in [0.25, 0.3) is 0 Å². The Bertz CT molecular complexity index is 173. The van der Waals surface area contributed by atoms with Crippen LogP contribution in [-0.2, 0) is 0 Å². The predicted octanol–water partition coefficient (Wildman–Crippen LogP) is 2.87. The summed E-state index contributed by atoms with van der Waals surface area (Å²) in [7, 11) is 2.26. The summed E-state index contributed by atoms with van der Waals surface area (Å²) in [5.74, 6) is 1.76. The zero-order valence-corrected chi connectivity index (χ0v) is 11.5. The third kappa shape index (κ3) is 2.06. The zero-order chi connectivity index (χ0) is 9.31. The molecule has 2 rings (SSSR count). The molecule has 1 spiro atoms. The summed E-state index contributed by atoms with van der Waals surface area (Å²) >= 11 is 0. The quantitative estimate of drug-likeness (QED) is 0.522. The molecule has 1 radical (unpaired) electrons. The number of nitrogens with zero attached hydrogens (tertiary/aromatic N) is 1. The van der Waals surface area contributed by atoms with Gasteiger partial charge in [0, 0.05) is 0 Å². The fourth-order valence-electron chi connectivity index (χ4n) is 3.10. The van der Waals surface area contributed by atoms with E-state index in [1.807, 2.05) is 0 Å². The molecule has 1 aliphatic carbocycles. The molecule has 2 aliphatic rings. The van der Waals surface area contributed by atoms with Crippen molar-refractivity contribution < 1.29 is 0 Å². The standard InChI is InChI=1S/C12H22N.Lr/c1-11-4-3-5-12(10-11)6-8-13(2)9-7-12;/h3-10H2,1-2H3;/q-1;. The molecule has 2 fully saturated rings. The van der Waals surface area contributed by atoms with E-state index in [4.69, 9.17) is 0 Å². The maximum absolute atomic E-state index is 2.48. The van der Waals surface area contributed by atoms with Crippen molar-refractivity contribution in [3.8, 4) is 0 Å². The molecule has 0 aromatic heterocycles. The van der Waals surface area contributed by atoms with Crippen molar-refractivity contribution in [2.24, 2.45) is 5.41 Å². The molecule has 0 N–H and O–H groups in total. The van der Waals surface area contributed by atoms with Gasteiger partial charge in [-0.3, -0.25) is 0 Å². The molecule has 0 aromatic rings. The van der Waals surface area contributed by atoms with E-state index in [0.29, 0.717) is 0 Å². The maximum Gasteiger partial charge on any atom is 0 e. The smallest absolute Gasteiger partial charge is 0 e. The molecule has 0 bridgehead atoms. The average molecular weight is 442 g/mol. The molecule has 0 atom stereocenters. The number of likely N-dealkylation sites (tertiary alicyclic amines) is 1. The maximum atomic E-state index is 2.48. The molecular weight excluding hydrogens is 420 g/mol. The minimum Gasteiger partial charge on any atom is -0.316 e. The SMILES string of the molecule is C[C-]1CCCC2(CCN(C)CC2)C1.[Lr]. The Hall–Kier alpha value is -1.04. The molecule has 0 unspecified atom stereocenters. The van der Waals surface area contributed by atoms with Gasteiger partial charge >= 0.3 is 0 Å². The summed E-state index contributed by atoms with van der Waals surface area (Å²) in [4.78, 5) is 2.48. The van der Waals surface area contributed by atoms with Crippen LogP contribution < -0.4 is 0 Å². The fourth-order valence-corrected chi connectivity index (χ4v) is 3.10. The summed E-state index contributed by atoms with van der Waals surface area (Å²) < 4.78 is 0. The van der Waals surface area contributed by atoms with Crippen molar-refractivity contribution >= 4 is 0 Å². The largest absolute Gasteiger partial charge is 0.316 e. The summed E-state index contributed by atoms with van der Waals surface area (Å²) in [5.41, 5.74) is 0.731. The van der Waals surface area contributed by atoms with E-state index in [0.717, 1.165) is 5.41 Å². The molecule has 1 saturated heterocycles. The van der Waals surface area contributed by atoms with Crippen LogP contribution >= 0.6 is 0 Å². The van der Waals surface area contributed by atoms with E-state index in [9.17, 15) is 0 Å². The fraction of sp³-hybridized carbons (Fsp3) is 0.917. The Morgan fingerprint density at radius 1 is 1.14 bits per heavy atom. The van der Waals surface area contributed by atoms with Crippen molar-refractivity contribution in [1.82, 2.24) is 4.90 Å². The van der Waals surface area contributed by atoms with E-state index in [-0.39, 0.29) is 0 Å². The normalized spacial score (nSPS) is 28.7. The molecule has 0 amide bonds. The second-order valence-corrected chi connectivity index (χ2v) is 5.29. The second-order valence-electron chi connectivity index (χ2n) is 5.29. The van der Waals surface area contributed by atoms with Crippen molar-refractivity contribution in [3.63, 3.8) is 0 Å². The van der Waals surface area contributed by atoms with Crippen LogP contribution in [-0.4, -0.2) is 25.0 Å². The van der Waals surface area contributed by atoms with E-state index in [1.165, 1.54) is 51.6 Å². The molecule has 1 saturated carbocycles. The molecule has 1 heterocycles. The van der Waals surface area contributed by atoms with E-state index in [1.54, 1.807) is 5.92 Å². The van der Waals surface area contributed by atoms with Crippen LogP contribution in [0, 0.1) is 11.3 Å². The van der Waals surface area contributed by atoms with Gasteiger partial charge in [-0.05, 0) is 33.0 Å². The number of rotatable bonds is 0. The molecule has 14 heavy (non-hydrogen) atoms. The first kappa shape index (κ1) is 11.0. The van der Waals surface area contributed by atoms with Crippen LogP contribution in [0.25, 0.3) is 0 Å². The van der Waals surface area contributed by atoms with Crippen molar-refractivity contribution in [1.29, 1.82) is 0 Å². The van der Waals surface area contributed by atoms with Crippen molar-refractivity contribution in [2.75, 3.05) is 20.1 Å². The van der Waals surface area contributed by atoms with Crippen LogP contribution in [0.15, 0.2) is 0 Å². The molecular formula is C12H22LrN-. The predicted molar refractivity (Wildman–Crippen MR) is 56.5 cm³/mol. The number of piperidine rings is 1. The van der Waals surface area contributed by atoms with Gasteiger partial charge in [0.2, 0.25) is 0 Å². The third-order valence-corrected chi connectivity index (χ3v) is 4.04. The first-order valence-corrected chi connectivity index (χ1v) is 5.70. The molecule has 2 heteroatoms. The van der Waals surface area contributed by atoms with Crippen LogP contribution in [0.2, 0.25) is 0 Å². The van der Waals surface area contributed by atoms with Gasteiger partial charge in [0.1, 0.15) is 0 Å². The Kier molecular flexibility index (Phi) is 3.15. The van der Waals surface area contributed by atoms with Crippen molar-refractivity contribution in [3.05, 3.63) is 5.92 Å². The first-order valence-electron chi connectivity index (χ1n) is 5.70. The van der Waals surface area contributed by atoms with E-state index < -0.39 is 0 Å². The summed E-state index contributed by atoms with van der Waals surface area (Å²) in [5, 5.41) is 0. The number of hydrogen-bond donors (Lipinski definition) is 0. The van der Waals surface area contributed by atoms with E-state index >= 15 is 0 Å². The minimum atomic E-state index is 0. The van der Waals surface area contributed by atoms with Crippen LogP contribution in [0.3, 0.4) is 0 Å². The minimum absolute atomic E-state index is 0. The van der Waals surface area contributed by atoms with Gasteiger partial charge in [-0.1, -0.05) is 18.3 Å². The summed E-state index contributed by atoms with van der Waals surface area (Å²) in [6.07, 6.45) is 8.67. The molecule has 1 nitrogen and oxygen atoms in total. The summed E-state index contributed by atoms with van der Waals surface area (Å²) in [6, 6.07) is 0.